The van der Waals surface area contributed by atoms with Gasteiger partial charge in [0.15, 0.2) is 0 Å². The number of rotatable bonds is 8. The van der Waals surface area contributed by atoms with Crippen molar-refractivity contribution in [2.24, 2.45) is 5.41 Å². The van der Waals surface area contributed by atoms with Gasteiger partial charge in [-0.3, -0.25) is 0 Å². The second kappa shape index (κ2) is 6.73. The molecule has 1 rings (SSSR count). The molecule has 5 nitrogen and oxygen atoms in total. The Bertz CT molecular complexity index is 326. The predicted molar refractivity (Wildman–Crippen MR) is 90.0 cm³/mol. The zero-order chi connectivity index (χ0) is 17.3. The fourth-order valence-corrected chi connectivity index (χ4v) is 3.03. The molecule has 0 saturated carbocycles. The van der Waals surface area contributed by atoms with Gasteiger partial charge in [0.1, 0.15) is 0 Å². The number of ether oxygens (including phenoxy) is 1. The Balaban J connectivity index is 2.69. The Morgan fingerprint density at radius 3 is 1.41 bits per heavy atom. The summed E-state index contributed by atoms with van der Waals surface area (Å²) >= 11 is 0. The first kappa shape index (κ1) is 19.8. The lowest BCUT2D eigenvalue weighted by Crippen LogP contribution is -2.61. The smallest absolute Gasteiger partial charge is 0.0743 e. The molecule has 0 aromatic heterocycles. The average molecular weight is 316 g/mol. The molecule has 1 fully saturated rings. The normalized spacial score (nSPS) is 21.8. The van der Waals surface area contributed by atoms with E-state index in [4.69, 9.17) is 4.74 Å². The number of hydrogen-bond donors (Lipinski definition) is 2. The highest BCUT2D eigenvalue weighted by Crippen LogP contribution is 2.32. The third-order valence-corrected chi connectivity index (χ3v) is 5.35. The van der Waals surface area contributed by atoms with Gasteiger partial charge in [-0.15, -0.1) is 0 Å². The number of aliphatic hydroxyl groups is 2. The molecule has 0 radical (unpaired) electrons. The van der Waals surface area contributed by atoms with Gasteiger partial charge in [-0.1, -0.05) is 0 Å². The Hall–Kier alpha value is -0.200. The lowest BCUT2D eigenvalue weighted by Gasteiger charge is -2.49. The fraction of sp³-hybridized carbons (Fsp3) is 1.00. The van der Waals surface area contributed by atoms with Crippen molar-refractivity contribution in [1.29, 1.82) is 0 Å². The monoisotopic (exact) mass is 316 g/mol. The first-order valence-corrected chi connectivity index (χ1v) is 8.21. The van der Waals surface area contributed by atoms with Crippen molar-refractivity contribution in [3.05, 3.63) is 0 Å². The van der Waals surface area contributed by atoms with Crippen LogP contribution in [0.4, 0.5) is 0 Å². The Kier molecular flexibility index (Phi) is 6.07. The largest absolute Gasteiger partial charge is 0.389 e. The summed E-state index contributed by atoms with van der Waals surface area (Å²) in [5.41, 5.74) is -1.39. The van der Waals surface area contributed by atoms with Crippen LogP contribution in [0.25, 0.3) is 0 Å². The van der Waals surface area contributed by atoms with Crippen LogP contribution in [-0.4, -0.2) is 83.7 Å². The van der Waals surface area contributed by atoms with E-state index in [-0.39, 0.29) is 17.5 Å². The topological polar surface area (TPSA) is 56.2 Å². The van der Waals surface area contributed by atoms with Crippen molar-refractivity contribution in [2.75, 3.05) is 40.4 Å². The molecular formula is C17H36N2O3. The lowest BCUT2D eigenvalue weighted by atomic mass is 9.82. The van der Waals surface area contributed by atoms with Crippen molar-refractivity contribution < 1.29 is 14.9 Å². The van der Waals surface area contributed by atoms with Crippen molar-refractivity contribution in [1.82, 2.24) is 9.80 Å². The summed E-state index contributed by atoms with van der Waals surface area (Å²) in [6.07, 6.45) is 0. The van der Waals surface area contributed by atoms with Crippen molar-refractivity contribution in [2.45, 2.75) is 64.8 Å². The van der Waals surface area contributed by atoms with Crippen LogP contribution in [0, 0.1) is 5.41 Å². The second-order valence-corrected chi connectivity index (χ2v) is 8.48. The molecule has 1 heterocycles. The van der Waals surface area contributed by atoms with E-state index in [1.807, 2.05) is 27.7 Å². The molecule has 0 amide bonds. The summed E-state index contributed by atoms with van der Waals surface area (Å²) in [6, 6.07) is 0.143. The molecule has 0 aromatic rings. The summed E-state index contributed by atoms with van der Waals surface area (Å²) in [5.74, 6) is 0. The quantitative estimate of drug-likeness (QED) is 0.704. The van der Waals surface area contributed by atoms with Gasteiger partial charge in [-0.05, 0) is 55.6 Å². The molecule has 0 aromatic carbocycles. The van der Waals surface area contributed by atoms with Crippen LogP contribution >= 0.6 is 0 Å². The zero-order valence-corrected chi connectivity index (χ0v) is 15.7. The van der Waals surface area contributed by atoms with Gasteiger partial charge in [0, 0.05) is 30.6 Å². The van der Waals surface area contributed by atoms with E-state index in [0.29, 0.717) is 0 Å². The fourth-order valence-electron chi connectivity index (χ4n) is 3.03. The zero-order valence-electron chi connectivity index (χ0n) is 15.7. The van der Waals surface area contributed by atoms with Crippen LogP contribution in [0.2, 0.25) is 0 Å². The van der Waals surface area contributed by atoms with Gasteiger partial charge in [-0.2, -0.15) is 0 Å². The molecule has 22 heavy (non-hydrogen) atoms. The van der Waals surface area contributed by atoms with Crippen LogP contribution in [0.15, 0.2) is 0 Å². The van der Waals surface area contributed by atoms with E-state index in [9.17, 15) is 10.2 Å². The van der Waals surface area contributed by atoms with Gasteiger partial charge in [-0.25, -0.2) is 0 Å². The summed E-state index contributed by atoms with van der Waals surface area (Å²) in [7, 11) is 4.12. The van der Waals surface area contributed by atoms with Gasteiger partial charge in [0.2, 0.25) is 0 Å². The summed E-state index contributed by atoms with van der Waals surface area (Å²) < 4.78 is 5.49. The van der Waals surface area contributed by atoms with Gasteiger partial charge < -0.3 is 24.7 Å². The predicted octanol–water partition coefficient (Wildman–Crippen LogP) is 1.19. The van der Waals surface area contributed by atoms with Crippen LogP contribution < -0.4 is 0 Å². The molecular weight excluding hydrogens is 280 g/mol. The summed E-state index contributed by atoms with van der Waals surface area (Å²) in [4.78, 5) is 4.43. The van der Waals surface area contributed by atoms with E-state index in [0.717, 1.165) is 26.3 Å². The number of nitrogens with zero attached hydrogens (tertiary/aromatic N) is 2. The average Bonchev–Trinajstić information content (AvgIpc) is 2.31. The number of likely N-dealkylation sites (N-methyl/N-ethyl adjacent to an activating group) is 2. The van der Waals surface area contributed by atoms with E-state index in [2.05, 4.69) is 37.7 Å². The SMILES string of the molecule is CC(N(C)CC1(CN(C)C(C)C(C)(C)O)COC1)C(C)(C)O. The van der Waals surface area contributed by atoms with Gasteiger partial charge >= 0.3 is 0 Å². The van der Waals surface area contributed by atoms with Gasteiger partial charge in [0.05, 0.1) is 24.4 Å². The second-order valence-electron chi connectivity index (χ2n) is 8.48. The highest BCUT2D eigenvalue weighted by molar-refractivity contribution is 4.95. The van der Waals surface area contributed by atoms with Crippen LogP contribution in [0.1, 0.15) is 41.5 Å². The Morgan fingerprint density at radius 1 is 0.909 bits per heavy atom. The van der Waals surface area contributed by atoms with Crippen LogP contribution in [0.5, 0.6) is 0 Å². The van der Waals surface area contributed by atoms with E-state index < -0.39 is 11.2 Å². The molecule has 132 valence electrons. The maximum Gasteiger partial charge on any atom is 0.0743 e. The number of hydrogen-bond acceptors (Lipinski definition) is 5. The Morgan fingerprint density at radius 2 is 1.23 bits per heavy atom. The minimum Gasteiger partial charge on any atom is -0.389 e. The van der Waals surface area contributed by atoms with Crippen molar-refractivity contribution in [3.8, 4) is 0 Å². The molecule has 5 heteroatoms. The molecule has 0 bridgehead atoms. The first-order chi connectivity index (χ1) is 9.78. The molecule has 1 aliphatic heterocycles. The third kappa shape index (κ3) is 4.90. The first-order valence-electron chi connectivity index (χ1n) is 8.21. The summed E-state index contributed by atoms with van der Waals surface area (Å²) in [5, 5.41) is 20.4. The van der Waals surface area contributed by atoms with E-state index in [1.165, 1.54) is 0 Å². The highest BCUT2D eigenvalue weighted by Gasteiger charge is 2.43. The summed E-state index contributed by atoms with van der Waals surface area (Å²) in [6.45, 7) is 14.7. The molecule has 0 aliphatic carbocycles. The molecule has 0 spiro atoms. The minimum atomic E-state index is -0.729. The Labute approximate surface area is 136 Å². The maximum atomic E-state index is 10.2. The highest BCUT2D eigenvalue weighted by atomic mass is 16.5. The molecule has 2 unspecified atom stereocenters. The minimum absolute atomic E-state index is 0.0713. The maximum absolute atomic E-state index is 10.2. The van der Waals surface area contributed by atoms with Crippen molar-refractivity contribution >= 4 is 0 Å². The van der Waals surface area contributed by atoms with E-state index in [1.54, 1.807) is 0 Å². The van der Waals surface area contributed by atoms with E-state index >= 15 is 0 Å². The van der Waals surface area contributed by atoms with Crippen molar-refractivity contribution in [3.63, 3.8) is 0 Å². The lowest BCUT2D eigenvalue weighted by molar-refractivity contribution is -0.152. The molecule has 2 atom stereocenters. The molecule has 2 N–H and O–H groups in total. The van der Waals surface area contributed by atoms with Crippen LogP contribution in [0.3, 0.4) is 0 Å². The standard InChI is InChI=1S/C17H36N2O3/c1-13(15(3,4)20)18(7)9-17(11-22-12-17)10-19(8)14(2)16(5,6)21/h13-14,20-21H,9-12H2,1-8H3. The molecule has 1 aliphatic rings. The van der Waals surface area contributed by atoms with Gasteiger partial charge in [0.25, 0.3) is 0 Å². The third-order valence-electron chi connectivity index (χ3n) is 5.35. The van der Waals surface area contributed by atoms with Crippen LogP contribution in [-0.2, 0) is 4.74 Å². The molecule has 1 saturated heterocycles.